The number of para-hydroxylation sites is 2. The predicted molar refractivity (Wildman–Crippen MR) is 202 cm³/mol. The third-order valence-corrected chi connectivity index (χ3v) is 9.36. The van der Waals surface area contributed by atoms with Gasteiger partial charge in [0.25, 0.3) is 0 Å². The van der Waals surface area contributed by atoms with Crippen LogP contribution in [0.15, 0.2) is 173 Å². The Morgan fingerprint density at radius 1 is 0.300 bits per heavy atom. The molecule has 0 atom stereocenters. The largest absolute Gasteiger partial charge is 0.456 e. The van der Waals surface area contributed by atoms with Crippen LogP contribution in [0.1, 0.15) is 0 Å². The van der Waals surface area contributed by atoms with Crippen LogP contribution < -0.4 is 0 Å². The molecule has 0 aliphatic heterocycles. The molecular weight excluding hydrogens is 615 g/mol. The highest BCUT2D eigenvalue weighted by molar-refractivity contribution is 6.09. The van der Waals surface area contributed by atoms with Crippen LogP contribution in [-0.4, -0.2) is 15.0 Å². The number of rotatable bonds is 5. The lowest BCUT2D eigenvalue weighted by Crippen LogP contribution is -2.01. The number of benzene rings is 7. The first-order valence-electron chi connectivity index (χ1n) is 16.6. The van der Waals surface area contributed by atoms with Gasteiger partial charge in [0.15, 0.2) is 17.5 Å². The molecule has 0 fully saturated rings. The van der Waals surface area contributed by atoms with Gasteiger partial charge in [0.2, 0.25) is 0 Å². The molecule has 0 aliphatic rings. The van der Waals surface area contributed by atoms with Crippen LogP contribution in [0, 0.1) is 0 Å². The molecule has 0 spiro atoms. The Morgan fingerprint density at radius 2 is 0.820 bits per heavy atom. The van der Waals surface area contributed by atoms with Gasteiger partial charge in [-0.2, -0.15) is 0 Å². The number of nitrogens with zero attached hydrogens (tertiary/aromatic N) is 3. The number of aromatic nitrogens is 3. The van der Waals surface area contributed by atoms with E-state index in [1.807, 2.05) is 97.1 Å². The van der Waals surface area contributed by atoms with E-state index < -0.39 is 0 Å². The van der Waals surface area contributed by atoms with Gasteiger partial charge in [-0.3, -0.25) is 0 Å². The van der Waals surface area contributed by atoms with Crippen molar-refractivity contribution in [3.8, 4) is 56.4 Å². The van der Waals surface area contributed by atoms with Crippen LogP contribution in [0.3, 0.4) is 0 Å². The molecule has 50 heavy (non-hydrogen) atoms. The second-order valence-corrected chi connectivity index (χ2v) is 12.4. The second-order valence-electron chi connectivity index (χ2n) is 12.4. The van der Waals surface area contributed by atoms with Crippen LogP contribution in [0.4, 0.5) is 0 Å². The highest BCUT2D eigenvalue weighted by Crippen LogP contribution is 2.43. The quantitative estimate of drug-likeness (QED) is 0.187. The second kappa shape index (κ2) is 11.4. The van der Waals surface area contributed by atoms with Gasteiger partial charge in [0.1, 0.15) is 22.3 Å². The SMILES string of the molecule is c1ccc(-c2nc(-c3ccccc3)nc(-c3cccc(-c4ccc5c(c4)oc4ccccc45)c3-c3ccc4oc5ccccc5c4c3)n2)cc1. The summed E-state index contributed by atoms with van der Waals surface area (Å²) in [6, 6.07) is 55.7. The molecule has 0 bridgehead atoms. The van der Waals surface area contributed by atoms with Crippen LogP contribution >= 0.6 is 0 Å². The van der Waals surface area contributed by atoms with Crippen molar-refractivity contribution in [2.75, 3.05) is 0 Å². The lowest BCUT2D eigenvalue weighted by atomic mass is 9.89. The van der Waals surface area contributed by atoms with Gasteiger partial charge in [-0.15, -0.1) is 0 Å². The normalized spacial score (nSPS) is 11.6. The molecule has 10 rings (SSSR count). The standard InChI is InChI=1S/C45H27N3O2/c1-3-12-28(13-4-1)43-46-44(29-14-5-2-6-15-29)48-45(47-43)36-19-11-18-32(30-22-24-35-33-16-7-9-20-38(33)50-41(35)27-30)42(36)31-23-25-40-37(26-31)34-17-8-10-21-39(34)49-40/h1-27H. The summed E-state index contributed by atoms with van der Waals surface area (Å²) in [6.45, 7) is 0. The number of hydrogen-bond acceptors (Lipinski definition) is 5. The van der Waals surface area contributed by atoms with Crippen molar-refractivity contribution in [1.29, 1.82) is 0 Å². The fraction of sp³-hybridized carbons (Fsp3) is 0. The summed E-state index contributed by atoms with van der Waals surface area (Å²) in [5.74, 6) is 1.83. The highest BCUT2D eigenvalue weighted by Gasteiger charge is 2.21. The highest BCUT2D eigenvalue weighted by atomic mass is 16.3. The molecule has 0 aliphatic carbocycles. The van der Waals surface area contributed by atoms with Crippen molar-refractivity contribution in [3.63, 3.8) is 0 Å². The summed E-state index contributed by atoms with van der Waals surface area (Å²) in [4.78, 5) is 15.2. The summed E-state index contributed by atoms with van der Waals surface area (Å²) in [6.07, 6.45) is 0. The number of hydrogen-bond donors (Lipinski definition) is 0. The monoisotopic (exact) mass is 641 g/mol. The Kier molecular flexibility index (Phi) is 6.42. The van der Waals surface area contributed by atoms with Crippen LogP contribution in [0.5, 0.6) is 0 Å². The third kappa shape index (κ3) is 4.67. The van der Waals surface area contributed by atoms with Gasteiger partial charge in [-0.25, -0.2) is 15.0 Å². The average Bonchev–Trinajstić information content (AvgIpc) is 3.76. The first kappa shape index (κ1) is 28.2. The molecular formula is C45H27N3O2. The van der Waals surface area contributed by atoms with E-state index in [4.69, 9.17) is 23.8 Å². The zero-order valence-corrected chi connectivity index (χ0v) is 26.7. The maximum Gasteiger partial charge on any atom is 0.164 e. The van der Waals surface area contributed by atoms with Crippen molar-refractivity contribution < 1.29 is 8.83 Å². The van der Waals surface area contributed by atoms with E-state index in [9.17, 15) is 0 Å². The minimum atomic E-state index is 0.594. The fourth-order valence-electron chi connectivity index (χ4n) is 6.99. The molecule has 5 nitrogen and oxygen atoms in total. The van der Waals surface area contributed by atoms with Crippen molar-refractivity contribution in [2.45, 2.75) is 0 Å². The van der Waals surface area contributed by atoms with Gasteiger partial charge in [-0.05, 0) is 53.1 Å². The van der Waals surface area contributed by atoms with E-state index in [2.05, 4.69) is 66.7 Å². The molecule has 5 heteroatoms. The molecule has 0 N–H and O–H groups in total. The van der Waals surface area contributed by atoms with Crippen molar-refractivity contribution in [2.24, 2.45) is 0 Å². The summed E-state index contributed by atoms with van der Waals surface area (Å²) in [5, 5.41) is 4.32. The molecule has 0 saturated heterocycles. The molecule has 3 aromatic heterocycles. The number of furan rings is 2. The van der Waals surface area contributed by atoms with Gasteiger partial charge in [0, 0.05) is 43.8 Å². The Bertz CT molecular complexity index is 2810. The number of fused-ring (bicyclic) bond motifs is 6. The Balaban J connectivity index is 1.26. The van der Waals surface area contributed by atoms with E-state index in [0.29, 0.717) is 17.5 Å². The van der Waals surface area contributed by atoms with Gasteiger partial charge in [-0.1, -0.05) is 127 Å². The molecule has 0 unspecified atom stereocenters. The van der Waals surface area contributed by atoms with Crippen LogP contribution in [0.25, 0.3) is 100 Å². The topological polar surface area (TPSA) is 65.0 Å². The van der Waals surface area contributed by atoms with E-state index in [1.54, 1.807) is 0 Å². The van der Waals surface area contributed by atoms with Gasteiger partial charge < -0.3 is 8.83 Å². The Labute approximate surface area is 287 Å². The molecule has 0 amide bonds. The third-order valence-electron chi connectivity index (χ3n) is 9.36. The molecule has 7 aromatic carbocycles. The van der Waals surface area contributed by atoms with Gasteiger partial charge in [0.05, 0.1) is 0 Å². The lowest BCUT2D eigenvalue weighted by molar-refractivity contribution is 0.668. The molecule has 0 radical (unpaired) electrons. The zero-order valence-electron chi connectivity index (χ0n) is 26.7. The summed E-state index contributed by atoms with van der Waals surface area (Å²) in [7, 11) is 0. The predicted octanol–water partition coefficient (Wildman–Crippen LogP) is 12.0. The van der Waals surface area contributed by atoms with E-state index >= 15 is 0 Å². The van der Waals surface area contributed by atoms with E-state index in [0.717, 1.165) is 82.8 Å². The van der Waals surface area contributed by atoms with Crippen LogP contribution in [0.2, 0.25) is 0 Å². The molecule has 10 aromatic rings. The van der Waals surface area contributed by atoms with Crippen molar-refractivity contribution in [3.05, 3.63) is 164 Å². The minimum absolute atomic E-state index is 0.594. The maximum atomic E-state index is 6.35. The summed E-state index contributed by atoms with van der Waals surface area (Å²) >= 11 is 0. The lowest BCUT2D eigenvalue weighted by Gasteiger charge is -2.16. The fourth-order valence-corrected chi connectivity index (χ4v) is 6.99. The zero-order chi connectivity index (χ0) is 33.0. The van der Waals surface area contributed by atoms with Crippen molar-refractivity contribution >= 4 is 43.9 Å². The minimum Gasteiger partial charge on any atom is -0.456 e. The average molecular weight is 642 g/mol. The maximum absolute atomic E-state index is 6.35. The van der Waals surface area contributed by atoms with Crippen molar-refractivity contribution in [1.82, 2.24) is 15.0 Å². The first-order valence-corrected chi connectivity index (χ1v) is 16.6. The first-order chi connectivity index (χ1) is 24.8. The molecule has 3 heterocycles. The van der Waals surface area contributed by atoms with Crippen LogP contribution in [-0.2, 0) is 0 Å². The van der Waals surface area contributed by atoms with E-state index in [-0.39, 0.29) is 0 Å². The Hall–Kier alpha value is -6.85. The molecule has 234 valence electrons. The Morgan fingerprint density at radius 3 is 1.52 bits per heavy atom. The van der Waals surface area contributed by atoms with Gasteiger partial charge >= 0.3 is 0 Å². The molecule has 0 saturated carbocycles. The summed E-state index contributed by atoms with van der Waals surface area (Å²) in [5.41, 5.74) is 10.3. The van der Waals surface area contributed by atoms with E-state index in [1.165, 1.54) is 0 Å². The smallest absolute Gasteiger partial charge is 0.164 e. The summed E-state index contributed by atoms with van der Waals surface area (Å²) < 4.78 is 12.6.